The van der Waals surface area contributed by atoms with E-state index < -0.39 is 0 Å². The number of hydrogen-bond acceptors (Lipinski definition) is 3. The van der Waals surface area contributed by atoms with Crippen molar-refractivity contribution in [1.82, 2.24) is 5.32 Å². The van der Waals surface area contributed by atoms with Gasteiger partial charge in [-0.1, -0.05) is 12.1 Å². The number of nitrogens with one attached hydrogen (secondary N) is 1. The Balaban J connectivity index is 2.18. The molecule has 0 aromatic heterocycles. The second kappa shape index (κ2) is 10.8. The van der Waals surface area contributed by atoms with Crippen LogP contribution in [0.1, 0.15) is 19.8 Å². The summed E-state index contributed by atoms with van der Waals surface area (Å²) >= 11 is 0. The fourth-order valence-electron chi connectivity index (χ4n) is 1.98. The van der Waals surface area contributed by atoms with E-state index in [0.29, 0.717) is 18.2 Å². The number of benzene rings is 1. The normalized spacial score (nSPS) is 11.5. The molecule has 5 nitrogen and oxygen atoms in total. The van der Waals surface area contributed by atoms with Gasteiger partial charge in [0.05, 0.1) is 5.69 Å². The van der Waals surface area contributed by atoms with E-state index in [4.69, 9.17) is 10.5 Å². The molecule has 1 rings (SSSR count). The first-order chi connectivity index (χ1) is 10.6. The molecular formula is C16H27FN4O. The maximum absolute atomic E-state index is 13.6. The minimum atomic E-state index is -0.205. The Morgan fingerprint density at radius 1 is 1.36 bits per heavy atom. The van der Waals surface area contributed by atoms with Crippen molar-refractivity contribution < 1.29 is 9.13 Å². The van der Waals surface area contributed by atoms with Crippen molar-refractivity contribution in [2.45, 2.75) is 19.8 Å². The third-order valence-electron chi connectivity index (χ3n) is 3.17. The molecule has 0 amide bonds. The molecule has 0 bridgehead atoms. The molecule has 0 saturated carbocycles. The maximum Gasteiger partial charge on any atom is 0.188 e. The van der Waals surface area contributed by atoms with Crippen molar-refractivity contribution in [3.8, 4) is 0 Å². The minimum Gasteiger partial charge on any atom is -0.382 e. The highest BCUT2D eigenvalue weighted by molar-refractivity contribution is 5.77. The molecule has 0 spiro atoms. The number of nitrogens with zero attached hydrogens (tertiary/aromatic N) is 2. The Kier molecular flexibility index (Phi) is 8.98. The molecule has 22 heavy (non-hydrogen) atoms. The molecule has 0 fully saturated rings. The molecule has 0 atom stereocenters. The highest BCUT2D eigenvalue weighted by atomic mass is 19.1. The van der Waals surface area contributed by atoms with Gasteiger partial charge in [-0.3, -0.25) is 4.99 Å². The van der Waals surface area contributed by atoms with E-state index in [0.717, 1.165) is 39.1 Å². The topological polar surface area (TPSA) is 62.9 Å². The number of halogens is 1. The summed E-state index contributed by atoms with van der Waals surface area (Å²) in [6.07, 6.45) is 1.71. The lowest BCUT2D eigenvalue weighted by Crippen LogP contribution is -2.33. The summed E-state index contributed by atoms with van der Waals surface area (Å²) in [6, 6.07) is 6.76. The molecule has 1 aromatic rings. The van der Waals surface area contributed by atoms with Crippen LogP contribution in [0.2, 0.25) is 0 Å². The SMILES string of the molecule is CCOCCCNC(N)=NCCCN(C)c1ccccc1F. The average molecular weight is 310 g/mol. The molecule has 0 heterocycles. The summed E-state index contributed by atoms with van der Waals surface area (Å²) in [6.45, 7) is 5.53. The standard InChI is InChI=1S/C16H27FN4O/c1-3-22-13-7-11-20-16(18)19-10-6-12-21(2)15-9-5-4-8-14(15)17/h4-5,8-9H,3,6-7,10-13H2,1-2H3,(H3,18,19,20). The molecule has 1 aromatic carbocycles. The van der Waals surface area contributed by atoms with Gasteiger partial charge in [0, 0.05) is 39.9 Å². The van der Waals surface area contributed by atoms with Crippen molar-refractivity contribution in [2.75, 3.05) is 44.8 Å². The number of guanidine groups is 1. The third kappa shape index (κ3) is 7.26. The second-order valence-electron chi connectivity index (χ2n) is 4.97. The van der Waals surface area contributed by atoms with Crippen LogP contribution in [0.3, 0.4) is 0 Å². The van der Waals surface area contributed by atoms with E-state index >= 15 is 0 Å². The zero-order valence-electron chi connectivity index (χ0n) is 13.5. The number of para-hydroxylation sites is 1. The van der Waals surface area contributed by atoms with E-state index in [1.807, 2.05) is 24.9 Å². The smallest absolute Gasteiger partial charge is 0.188 e. The number of anilines is 1. The third-order valence-corrected chi connectivity index (χ3v) is 3.17. The van der Waals surface area contributed by atoms with E-state index in [1.165, 1.54) is 6.07 Å². The van der Waals surface area contributed by atoms with Crippen LogP contribution in [0.15, 0.2) is 29.3 Å². The zero-order valence-corrected chi connectivity index (χ0v) is 13.5. The molecule has 3 N–H and O–H groups in total. The van der Waals surface area contributed by atoms with Gasteiger partial charge in [-0.25, -0.2) is 4.39 Å². The first-order valence-electron chi connectivity index (χ1n) is 7.72. The van der Waals surface area contributed by atoms with E-state index in [1.54, 1.807) is 12.1 Å². The molecule has 0 aliphatic carbocycles. The van der Waals surface area contributed by atoms with Crippen LogP contribution in [0, 0.1) is 5.82 Å². The van der Waals surface area contributed by atoms with Crippen molar-refractivity contribution in [3.63, 3.8) is 0 Å². The van der Waals surface area contributed by atoms with Crippen LogP contribution < -0.4 is 16.0 Å². The van der Waals surface area contributed by atoms with Crippen LogP contribution in [0.4, 0.5) is 10.1 Å². The Bertz CT molecular complexity index is 454. The van der Waals surface area contributed by atoms with Crippen LogP contribution >= 0.6 is 0 Å². The van der Waals surface area contributed by atoms with Crippen LogP contribution in [0.5, 0.6) is 0 Å². The number of ether oxygens (including phenoxy) is 1. The maximum atomic E-state index is 13.6. The predicted molar refractivity (Wildman–Crippen MR) is 89.9 cm³/mol. The van der Waals surface area contributed by atoms with Gasteiger partial charge >= 0.3 is 0 Å². The molecule has 0 aliphatic rings. The van der Waals surface area contributed by atoms with Crippen molar-refractivity contribution in [3.05, 3.63) is 30.1 Å². The lowest BCUT2D eigenvalue weighted by atomic mass is 10.2. The summed E-state index contributed by atoms with van der Waals surface area (Å²) < 4.78 is 18.8. The van der Waals surface area contributed by atoms with Crippen molar-refractivity contribution in [1.29, 1.82) is 0 Å². The van der Waals surface area contributed by atoms with Gasteiger partial charge in [0.1, 0.15) is 5.82 Å². The Morgan fingerprint density at radius 2 is 2.14 bits per heavy atom. The first kappa shape index (κ1) is 18.2. The number of hydrogen-bond donors (Lipinski definition) is 2. The largest absolute Gasteiger partial charge is 0.382 e. The van der Waals surface area contributed by atoms with Gasteiger partial charge in [-0.05, 0) is 31.9 Å². The summed E-state index contributed by atoms with van der Waals surface area (Å²) in [5.74, 6) is 0.244. The Morgan fingerprint density at radius 3 is 2.86 bits per heavy atom. The zero-order chi connectivity index (χ0) is 16.2. The summed E-state index contributed by atoms with van der Waals surface area (Å²) in [5, 5.41) is 3.04. The Labute approximate surface area is 132 Å². The lowest BCUT2D eigenvalue weighted by Gasteiger charge is -2.19. The van der Waals surface area contributed by atoms with Gasteiger partial charge in [-0.2, -0.15) is 0 Å². The van der Waals surface area contributed by atoms with Gasteiger partial charge in [0.15, 0.2) is 5.96 Å². The van der Waals surface area contributed by atoms with Crippen LogP contribution in [0.25, 0.3) is 0 Å². The minimum absolute atomic E-state index is 0.205. The van der Waals surface area contributed by atoms with Crippen molar-refractivity contribution in [2.24, 2.45) is 10.7 Å². The number of aliphatic imine (C=N–C) groups is 1. The fraction of sp³-hybridized carbons (Fsp3) is 0.562. The monoisotopic (exact) mass is 310 g/mol. The summed E-state index contributed by atoms with van der Waals surface area (Å²) in [7, 11) is 1.87. The summed E-state index contributed by atoms with van der Waals surface area (Å²) in [5.41, 5.74) is 6.37. The van der Waals surface area contributed by atoms with E-state index in [9.17, 15) is 4.39 Å². The van der Waals surface area contributed by atoms with Gasteiger partial charge in [0.25, 0.3) is 0 Å². The highest BCUT2D eigenvalue weighted by Gasteiger charge is 2.05. The highest BCUT2D eigenvalue weighted by Crippen LogP contribution is 2.16. The molecule has 0 radical (unpaired) electrons. The molecule has 0 aliphatic heterocycles. The van der Waals surface area contributed by atoms with Crippen molar-refractivity contribution >= 4 is 11.6 Å². The van der Waals surface area contributed by atoms with Crippen LogP contribution in [-0.4, -0.2) is 45.9 Å². The quantitative estimate of drug-likeness (QED) is 0.394. The number of rotatable bonds is 10. The molecular weight excluding hydrogens is 283 g/mol. The van der Waals surface area contributed by atoms with Gasteiger partial charge in [-0.15, -0.1) is 0 Å². The average Bonchev–Trinajstić information content (AvgIpc) is 2.51. The predicted octanol–water partition coefficient (Wildman–Crippen LogP) is 1.98. The van der Waals surface area contributed by atoms with E-state index in [-0.39, 0.29) is 5.82 Å². The van der Waals surface area contributed by atoms with E-state index in [2.05, 4.69) is 10.3 Å². The molecule has 0 unspecified atom stereocenters. The van der Waals surface area contributed by atoms with Crippen LogP contribution in [-0.2, 0) is 4.74 Å². The fourth-order valence-corrected chi connectivity index (χ4v) is 1.98. The molecule has 124 valence electrons. The first-order valence-corrected chi connectivity index (χ1v) is 7.72. The molecule has 6 heteroatoms. The summed E-state index contributed by atoms with van der Waals surface area (Å²) in [4.78, 5) is 6.14. The van der Waals surface area contributed by atoms with Gasteiger partial charge < -0.3 is 20.7 Å². The molecule has 0 saturated heterocycles. The Hall–Kier alpha value is -1.82. The number of nitrogens with two attached hydrogens (primary N) is 1. The second-order valence-corrected chi connectivity index (χ2v) is 4.97. The lowest BCUT2D eigenvalue weighted by molar-refractivity contribution is 0.145. The van der Waals surface area contributed by atoms with Gasteiger partial charge in [0.2, 0.25) is 0 Å².